The number of carbonyl (C=O) groups excluding carboxylic acids is 1. The van der Waals surface area contributed by atoms with Crippen molar-refractivity contribution in [3.63, 3.8) is 0 Å². The molecule has 0 bridgehead atoms. The number of amides is 1. The Morgan fingerprint density at radius 2 is 2.19 bits per heavy atom. The monoisotopic (exact) mass is 236 g/mol. The standard InChI is InChI=1S/C11H12N2O2S/c14-11(8-4-2-1-3-5-8)12-9-6-16-7-10(9)13-15/h1-5,9,15H,6-7H2,(H,12,14)/b13-10+/t9-/m1/s1. The first-order valence-electron chi connectivity index (χ1n) is 4.95. The zero-order chi connectivity index (χ0) is 11.4. The minimum atomic E-state index is -0.150. The Morgan fingerprint density at radius 1 is 1.44 bits per heavy atom. The van der Waals surface area contributed by atoms with Gasteiger partial charge in [-0.15, -0.1) is 0 Å². The van der Waals surface area contributed by atoms with Crippen LogP contribution in [0.1, 0.15) is 10.4 Å². The second-order valence-electron chi connectivity index (χ2n) is 3.50. The minimum Gasteiger partial charge on any atom is -0.411 e. The zero-order valence-corrected chi connectivity index (χ0v) is 9.41. The Kier molecular flexibility index (Phi) is 3.46. The van der Waals surface area contributed by atoms with Gasteiger partial charge in [0.1, 0.15) is 0 Å². The van der Waals surface area contributed by atoms with Crippen molar-refractivity contribution in [1.82, 2.24) is 5.32 Å². The average Bonchev–Trinajstić information content (AvgIpc) is 2.77. The van der Waals surface area contributed by atoms with Gasteiger partial charge in [-0.05, 0) is 12.1 Å². The van der Waals surface area contributed by atoms with Crippen LogP contribution >= 0.6 is 11.8 Å². The van der Waals surface area contributed by atoms with Crippen molar-refractivity contribution >= 4 is 23.4 Å². The van der Waals surface area contributed by atoms with Crippen LogP contribution in [-0.4, -0.2) is 34.4 Å². The molecule has 84 valence electrons. The number of nitrogens with zero attached hydrogens (tertiary/aromatic N) is 1. The van der Waals surface area contributed by atoms with Crippen LogP contribution in [0.2, 0.25) is 0 Å². The highest BCUT2D eigenvalue weighted by molar-refractivity contribution is 8.00. The zero-order valence-electron chi connectivity index (χ0n) is 8.59. The summed E-state index contributed by atoms with van der Waals surface area (Å²) < 4.78 is 0. The van der Waals surface area contributed by atoms with Gasteiger partial charge < -0.3 is 10.5 Å². The van der Waals surface area contributed by atoms with Crippen molar-refractivity contribution in [1.29, 1.82) is 0 Å². The molecule has 2 N–H and O–H groups in total. The lowest BCUT2D eigenvalue weighted by molar-refractivity contribution is 0.0949. The SMILES string of the molecule is O=C(N[C@@H]1CSC/C1=N\O)c1ccccc1. The molecule has 16 heavy (non-hydrogen) atoms. The molecule has 0 aliphatic carbocycles. The maximum atomic E-state index is 11.8. The number of oxime groups is 1. The summed E-state index contributed by atoms with van der Waals surface area (Å²) in [5, 5.41) is 14.8. The summed E-state index contributed by atoms with van der Waals surface area (Å²) in [5.74, 6) is 1.31. The van der Waals surface area contributed by atoms with Crippen LogP contribution < -0.4 is 5.32 Å². The molecule has 5 heteroatoms. The second kappa shape index (κ2) is 5.03. The molecule has 0 radical (unpaired) electrons. The largest absolute Gasteiger partial charge is 0.411 e. The molecule has 1 aliphatic rings. The van der Waals surface area contributed by atoms with Crippen molar-refractivity contribution in [3.05, 3.63) is 35.9 Å². The Labute approximate surface area is 97.7 Å². The van der Waals surface area contributed by atoms with Gasteiger partial charge in [-0.25, -0.2) is 0 Å². The molecular weight excluding hydrogens is 224 g/mol. The van der Waals surface area contributed by atoms with Gasteiger partial charge in [0.25, 0.3) is 5.91 Å². The van der Waals surface area contributed by atoms with Crippen LogP contribution in [0, 0.1) is 0 Å². The van der Waals surface area contributed by atoms with Crippen molar-refractivity contribution < 1.29 is 10.0 Å². The molecule has 1 heterocycles. The molecule has 1 aromatic carbocycles. The highest BCUT2D eigenvalue weighted by Gasteiger charge is 2.25. The van der Waals surface area contributed by atoms with E-state index in [1.54, 1.807) is 23.9 Å². The number of hydrogen-bond donors (Lipinski definition) is 2. The number of hydrogen-bond acceptors (Lipinski definition) is 4. The molecule has 1 aromatic rings. The Balaban J connectivity index is 2.03. The van der Waals surface area contributed by atoms with Crippen LogP contribution in [0.4, 0.5) is 0 Å². The molecular formula is C11H12N2O2S. The Hall–Kier alpha value is -1.49. The van der Waals surface area contributed by atoms with E-state index >= 15 is 0 Å². The van der Waals surface area contributed by atoms with Crippen LogP contribution in [0.3, 0.4) is 0 Å². The predicted octanol–water partition coefficient (Wildman–Crippen LogP) is 1.36. The van der Waals surface area contributed by atoms with Crippen molar-refractivity contribution in [3.8, 4) is 0 Å². The van der Waals surface area contributed by atoms with Gasteiger partial charge in [0.2, 0.25) is 0 Å². The number of carbonyl (C=O) groups is 1. The number of rotatable bonds is 2. The Morgan fingerprint density at radius 3 is 2.88 bits per heavy atom. The van der Waals surface area contributed by atoms with E-state index in [4.69, 9.17) is 5.21 Å². The molecule has 0 unspecified atom stereocenters. The van der Waals surface area contributed by atoms with Gasteiger partial charge in [-0.3, -0.25) is 4.79 Å². The third-order valence-electron chi connectivity index (χ3n) is 2.41. The summed E-state index contributed by atoms with van der Waals surface area (Å²) in [4.78, 5) is 11.8. The molecule has 1 aliphatic heterocycles. The van der Waals surface area contributed by atoms with Gasteiger partial charge in [0, 0.05) is 17.1 Å². The Bertz CT molecular complexity index is 406. The van der Waals surface area contributed by atoms with Gasteiger partial charge in [-0.1, -0.05) is 23.4 Å². The highest BCUT2D eigenvalue weighted by atomic mass is 32.2. The summed E-state index contributed by atoms with van der Waals surface area (Å²) >= 11 is 1.65. The van der Waals surface area contributed by atoms with Gasteiger partial charge in [0.05, 0.1) is 11.8 Å². The molecule has 1 saturated heterocycles. The molecule has 2 rings (SSSR count). The smallest absolute Gasteiger partial charge is 0.251 e. The summed E-state index contributed by atoms with van der Waals surface area (Å²) in [6, 6.07) is 8.87. The molecule has 1 amide bonds. The first-order valence-corrected chi connectivity index (χ1v) is 6.11. The quantitative estimate of drug-likeness (QED) is 0.602. The van der Waals surface area contributed by atoms with Crippen molar-refractivity contribution in [2.45, 2.75) is 6.04 Å². The van der Waals surface area contributed by atoms with Gasteiger partial charge >= 0.3 is 0 Å². The number of thioether (sulfide) groups is 1. The first-order chi connectivity index (χ1) is 7.81. The summed E-state index contributed by atoms with van der Waals surface area (Å²) in [7, 11) is 0. The van der Waals surface area contributed by atoms with Crippen LogP contribution in [0.5, 0.6) is 0 Å². The highest BCUT2D eigenvalue weighted by Crippen LogP contribution is 2.15. The fraction of sp³-hybridized carbons (Fsp3) is 0.273. The maximum absolute atomic E-state index is 11.8. The van der Waals surface area contributed by atoms with E-state index in [0.717, 1.165) is 5.75 Å². The molecule has 1 atom stereocenters. The second-order valence-corrected chi connectivity index (χ2v) is 4.53. The van der Waals surface area contributed by atoms with E-state index in [-0.39, 0.29) is 11.9 Å². The molecule has 4 nitrogen and oxygen atoms in total. The fourth-order valence-corrected chi connectivity index (χ4v) is 2.63. The number of benzene rings is 1. The predicted molar refractivity (Wildman–Crippen MR) is 64.2 cm³/mol. The van der Waals surface area contributed by atoms with E-state index in [1.165, 1.54) is 0 Å². The average molecular weight is 236 g/mol. The van der Waals surface area contributed by atoms with E-state index < -0.39 is 0 Å². The van der Waals surface area contributed by atoms with E-state index in [1.807, 2.05) is 18.2 Å². The lowest BCUT2D eigenvalue weighted by atomic mass is 10.2. The first kappa shape index (κ1) is 11.0. The summed E-state index contributed by atoms with van der Waals surface area (Å²) in [5.41, 5.74) is 1.26. The minimum absolute atomic E-state index is 0.130. The van der Waals surface area contributed by atoms with E-state index in [2.05, 4.69) is 10.5 Å². The third-order valence-corrected chi connectivity index (χ3v) is 3.48. The van der Waals surface area contributed by atoms with Gasteiger partial charge in [0.15, 0.2) is 0 Å². The third kappa shape index (κ3) is 2.36. The molecule has 0 saturated carbocycles. The topological polar surface area (TPSA) is 61.7 Å². The lowest BCUT2D eigenvalue weighted by Gasteiger charge is -2.11. The van der Waals surface area contributed by atoms with E-state index in [0.29, 0.717) is 17.0 Å². The summed E-state index contributed by atoms with van der Waals surface area (Å²) in [6.07, 6.45) is 0. The van der Waals surface area contributed by atoms with Crippen molar-refractivity contribution in [2.75, 3.05) is 11.5 Å². The lowest BCUT2D eigenvalue weighted by Crippen LogP contribution is -2.40. The summed E-state index contributed by atoms with van der Waals surface area (Å²) in [6.45, 7) is 0. The molecule has 1 fully saturated rings. The van der Waals surface area contributed by atoms with Crippen molar-refractivity contribution in [2.24, 2.45) is 5.16 Å². The normalized spacial score (nSPS) is 22.2. The van der Waals surface area contributed by atoms with Crippen LogP contribution in [0.25, 0.3) is 0 Å². The number of nitrogens with one attached hydrogen (secondary N) is 1. The van der Waals surface area contributed by atoms with Crippen LogP contribution in [0.15, 0.2) is 35.5 Å². The molecule has 0 spiro atoms. The molecule has 0 aromatic heterocycles. The van der Waals surface area contributed by atoms with Gasteiger partial charge in [-0.2, -0.15) is 11.8 Å². The van der Waals surface area contributed by atoms with E-state index in [9.17, 15) is 4.79 Å². The fourth-order valence-electron chi connectivity index (χ4n) is 1.53. The maximum Gasteiger partial charge on any atom is 0.251 e. The van der Waals surface area contributed by atoms with Crippen LogP contribution in [-0.2, 0) is 0 Å².